The number of ether oxygens (including phenoxy) is 1. The van der Waals surface area contributed by atoms with E-state index in [1.165, 1.54) is 11.0 Å². The minimum atomic E-state index is -4.80. The van der Waals surface area contributed by atoms with Crippen LogP contribution in [0.2, 0.25) is 5.02 Å². The van der Waals surface area contributed by atoms with Crippen molar-refractivity contribution in [2.24, 2.45) is 5.92 Å². The molecular formula is C29H32ClF5N4O4. The molecule has 8 nitrogen and oxygen atoms in total. The van der Waals surface area contributed by atoms with Gasteiger partial charge in [-0.15, -0.1) is 0 Å². The number of carbonyl (C=O) groups is 2. The summed E-state index contributed by atoms with van der Waals surface area (Å²) < 4.78 is 81.7. The first-order chi connectivity index (χ1) is 20.0. The van der Waals surface area contributed by atoms with E-state index in [0.29, 0.717) is 12.8 Å². The molecule has 43 heavy (non-hydrogen) atoms. The molecule has 14 heteroatoms. The molecule has 0 N–H and O–H groups in total. The minimum Gasteiger partial charge on any atom is -0.446 e. The van der Waals surface area contributed by atoms with Gasteiger partial charge in [0.1, 0.15) is 22.3 Å². The number of anilines is 2. The van der Waals surface area contributed by atoms with Gasteiger partial charge < -0.3 is 14.1 Å². The molecule has 2 aromatic heterocycles. The number of alkyl halides is 3. The van der Waals surface area contributed by atoms with E-state index in [-0.39, 0.29) is 35.7 Å². The second-order valence-electron chi connectivity index (χ2n) is 11.5. The summed E-state index contributed by atoms with van der Waals surface area (Å²) in [6, 6.07) is 2.31. The highest BCUT2D eigenvalue weighted by Gasteiger charge is 2.48. The zero-order chi connectivity index (χ0) is 31.9. The molecule has 1 saturated heterocycles. The van der Waals surface area contributed by atoms with Crippen LogP contribution in [0, 0.1) is 17.6 Å². The van der Waals surface area contributed by atoms with Crippen molar-refractivity contribution in [3.8, 4) is 0 Å². The van der Waals surface area contributed by atoms with Crippen molar-refractivity contribution in [3.05, 3.63) is 52.7 Å². The maximum atomic E-state index is 14.9. The van der Waals surface area contributed by atoms with Gasteiger partial charge in [-0.05, 0) is 57.4 Å². The molecule has 2 atom stereocenters. The molecule has 1 aliphatic rings. The second-order valence-corrected chi connectivity index (χ2v) is 11.8. The van der Waals surface area contributed by atoms with E-state index < -0.39 is 58.1 Å². The number of aromatic nitrogens is 1. The van der Waals surface area contributed by atoms with E-state index in [4.69, 9.17) is 20.8 Å². The van der Waals surface area contributed by atoms with Crippen LogP contribution in [0.5, 0.6) is 0 Å². The van der Waals surface area contributed by atoms with Crippen LogP contribution < -0.4 is 9.80 Å². The summed E-state index contributed by atoms with van der Waals surface area (Å²) in [6.45, 7) is 6.62. The number of pyridine rings is 1. The normalized spacial score (nSPS) is 16.7. The third kappa shape index (κ3) is 6.81. The number of amides is 3. The van der Waals surface area contributed by atoms with Gasteiger partial charge in [-0.3, -0.25) is 4.90 Å². The van der Waals surface area contributed by atoms with Crippen molar-refractivity contribution in [2.45, 2.75) is 64.8 Å². The topological polar surface area (TPSA) is 79.1 Å². The Balaban J connectivity index is 1.81. The van der Waals surface area contributed by atoms with Crippen molar-refractivity contribution in [1.82, 2.24) is 9.88 Å². The highest BCUT2D eigenvalue weighted by atomic mass is 35.5. The van der Waals surface area contributed by atoms with Gasteiger partial charge in [0.05, 0.1) is 35.5 Å². The van der Waals surface area contributed by atoms with Crippen LogP contribution in [0.15, 0.2) is 34.9 Å². The van der Waals surface area contributed by atoms with Crippen molar-refractivity contribution in [1.29, 1.82) is 0 Å². The number of urea groups is 1. The Morgan fingerprint density at radius 2 is 1.93 bits per heavy atom. The van der Waals surface area contributed by atoms with Crippen LogP contribution in [-0.4, -0.2) is 53.8 Å². The summed E-state index contributed by atoms with van der Waals surface area (Å²) in [4.78, 5) is 34.5. The highest BCUT2D eigenvalue weighted by molar-refractivity contribution is 6.31. The first-order valence-corrected chi connectivity index (χ1v) is 14.0. The number of hydrogen-bond acceptors (Lipinski definition) is 6. The lowest BCUT2D eigenvalue weighted by molar-refractivity contribution is -0.136. The molecule has 3 heterocycles. The van der Waals surface area contributed by atoms with E-state index in [9.17, 15) is 31.5 Å². The van der Waals surface area contributed by atoms with Gasteiger partial charge in [-0.25, -0.2) is 23.3 Å². The van der Waals surface area contributed by atoms with E-state index in [1.807, 2.05) is 6.92 Å². The molecule has 1 aliphatic heterocycles. The number of nitrogens with zero attached hydrogens (tertiary/aromatic N) is 4. The Morgan fingerprint density at radius 3 is 2.56 bits per heavy atom. The van der Waals surface area contributed by atoms with Gasteiger partial charge in [0, 0.05) is 13.6 Å². The van der Waals surface area contributed by atoms with Gasteiger partial charge in [0.25, 0.3) is 0 Å². The van der Waals surface area contributed by atoms with Crippen LogP contribution in [0.25, 0.3) is 11.1 Å². The average molecular weight is 631 g/mol. The number of rotatable bonds is 8. The summed E-state index contributed by atoms with van der Waals surface area (Å²) in [5.74, 6) is -2.80. The van der Waals surface area contributed by atoms with Crippen LogP contribution in [0.1, 0.15) is 52.5 Å². The quantitative estimate of drug-likeness (QED) is 0.184. The lowest BCUT2D eigenvalue weighted by atomic mass is 9.92. The Labute approximate surface area is 250 Å². The molecule has 0 saturated carbocycles. The molecule has 4 rings (SSSR count). The fourth-order valence-corrected chi connectivity index (χ4v) is 5.30. The number of benzene rings is 1. The van der Waals surface area contributed by atoms with E-state index in [0.717, 1.165) is 40.7 Å². The monoisotopic (exact) mass is 630 g/mol. The van der Waals surface area contributed by atoms with Gasteiger partial charge in [-0.1, -0.05) is 31.4 Å². The maximum absolute atomic E-state index is 14.9. The van der Waals surface area contributed by atoms with Crippen molar-refractivity contribution < 1.29 is 40.7 Å². The lowest BCUT2D eigenvalue weighted by Gasteiger charge is -2.33. The van der Waals surface area contributed by atoms with Gasteiger partial charge in [-0.2, -0.15) is 18.2 Å². The largest absolute Gasteiger partial charge is 0.446 e. The van der Waals surface area contributed by atoms with E-state index in [2.05, 4.69) is 4.98 Å². The average Bonchev–Trinajstić information content (AvgIpc) is 3.51. The minimum absolute atomic E-state index is 0.0118. The Morgan fingerprint density at radius 1 is 1.23 bits per heavy atom. The predicted octanol–water partition coefficient (Wildman–Crippen LogP) is 8.27. The standard InChI is InChI=1S/C29H32ClF5N4O4/c1-6-7-8-16(14-37(5)20-10-9-19(31)23(30)24(20)32)21-15-38(27(41)43-28(2,3)4)26(40)39(21)22-13-18(29(33,34)35)17-11-12-42-25(17)36-22/h9-13,16,21H,6-8,14-15H2,1-5H3. The van der Waals surface area contributed by atoms with E-state index >= 15 is 0 Å². The Kier molecular flexibility index (Phi) is 9.15. The predicted molar refractivity (Wildman–Crippen MR) is 151 cm³/mol. The van der Waals surface area contributed by atoms with Crippen LogP contribution in [-0.2, 0) is 10.9 Å². The molecular weight excluding hydrogens is 599 g/mol. The number of halogens is 6. The van der Waals surface area contributed by atoms with Crippen LogP contribution in [0.4, 0.5) is 43.0 Å². The summed E-state index contributed by atoms with van der Waals surface area (Å²) in [5.41, 5.74) is -2.37. The zero-order valence-corrected chi connectivity index (χ0v) is 25.0. The Hall–Kier alpha value is -3.61. The van der Waals surface area contributed by atoms with Crippen LogP contribution in [0.3, 0.4) is 0 Å². The van der Waals surface area contributed by atoms with Crippen molar-refractivity contribution in [2.75, 3.05) is 29.9 Å². The number of hydrogen-bond donors (Lipinski definition) is 0. The fraction of sp³-hybridized carbons (Fsp3) is 0.483. The summed E-state index contributed by atoms with van der Waals surface area (Å²) in [5, 5.41) is -0.965. The molecule has 2 unspecified atom stereocenters. The summed E-state index contributed by atoms with van der Waals surface area (Å²) in [6.07, 6.45) is -2.88. The molecule has 0 bridgehead atoms. The van der Waals surface area contributed by atoms with Crippen molar-refractivity contribution in [3.63, 3.8) is 0 Å². The molecule has 1 fully saturated rings. The van der Waals surface area contributed by atoms with Crippen LogP contribution >= 0.6 is 11.6 Å². The Bertz CT molecular complexity index is 1510. The first kappa shape index (κ1) is 32.3. The molecule has 0 aliphatic carbocycles. The lowest BCUT2D eigenvalue weighted by Crippen LogP contribution is -2.44. The molecule has 1 aromatic carbocycles. The molecule has 3 amide bonds. The number of unbranched alkanes of at least 4 members (excludes halogenated alkanes) is 1. The number of carbonyl (C=O) groups excluding carboxylic acids is 2. The van der Waals surface area contributed by atoms with Gasteiger partial charge >= 0.3 is 18.3 Å². The maximum Gasteiger partial charge on any atom is 0.418 e. The zero-order valence-electron chi connectivity index (χ0n) is 24.3. The fourth-order valence-electron chi connectivity index (χ4n) is 5.14. The number of furan rings is 1. The third-order valence-corrected chi connectivity index (χ3v) is 7.48. The first-order valence-electron chi connectivity index (χ1n) is 13.7. The third-order valence-electron chi connectivity index (χ3n) is 7.14. The van der Waals surface area contributed by atoms with Crippen molar-refractivity contribution >= 4 is 46.3 Å². The SMILES string of the molecule is CCCCC(CN(C)c1ccc(F)c(Cl)c1F)C1CN(C(=O)OC(C)(C)C)C(=O)N1c1cc(C(F)(F)F)c2ccoc2n1. The van der Waals surface area contributed by atoms with E-state index in [1.54, 1.807) is 27.8 Å². The number of imide groups is 1. The van der Waals surface area contributed by atoms with Gasteiger partial charge in [0.15, 0.2) is 5.82 Å². The molecule has 234 valence electrons. The molecule has 0 radical (unpaired) electrons. The van der Waals surface area contributed by atoms with Gasteiger partial charge in [0.2, 0.25) is 5.71 Å². The molecule has 0 spiro atoms. The summed E-state index contributed by atoms with van der Waals surface area (Å²) >= 11 is 5.80. The smallest absolute Gasteiger partial charge is 0.418 e. The molecule has 3 aromatic rings. The number of fused-ring (bicyclic) bond motifs is 1. The highest BCUT2D eigenvalue weighted by Crippen LogP contribution is 2.40. The second kappa shape index (κ2) is 12.2. The summed E-state index contributed by atoms with van der Waals surface area (Å²) in [7, 11) is 1.55.